The van der Waals surface area contributed by atoms with Crippen LogP contribution in [0.1, 0.15) is 10.4 Å². The molecule has 0 fully saturated rings. The summed E-state index contributed by atoms with van der Waals surface area (Å²) >= 11 is 7.49. The van der Waals surface area contributed by atoms with Crippen LogP contribution in [0, 0.1) is 5.82 Å². The standard InChI is InChI=1S/C16H20ClFN2S/c1-19(2)7-8-20(12-14-4-3-9-21-14)11-13-5-6-15(17)16(18)10-13/h3-6,9-10H,7-8,11-12H2,1-2H3. The molecule has 1 heterocycles. The molecule has 21 heavy (non-hydrogen) atoms. The van der Waals surface area contributed by atoms with Gasteiger partial charge in [0.1, 0.15) is 5.82 Å². The molecule has 0 aliphatic heterocycles. The minimum Gasteiger partial charge on any atom is -0.308 e. The van der Waals surface area contributed by atoms with Gasteiger partial charge >= 0.3 is 0 Å². The van der Waals surface area contributed by atoms with Gasteiger partial charge in [0.2, 0.25) is 0 Å². The lowest BCUT2D eigenvalue weighted by Gasteiger charge is -2.23. The first-order chi connectivity index (χ1) is 10.0. The molecule has 0 atom stereocenters. The van der Waals surface area contributed by atoms with Crippen LogP contribution in [0.15, 0.2) is 35.7 Å². The summed E-state index contributed by atoms with van der Waals surface area (Å²) < 4.78 is 13.6. The van der Waals surface area contributed by atoms with Gasteiger partial charge in [-0.2, -0.15) is 0 Å². The maximum absolute atomic E-state index is 13.6. The Hall–Kier alpha value is -0.940. The molecule has 1 aromatic carbocycles. The molecule has 0 saturated carbocycles. The molecule has 2 rings (SSSR count). The molecule has 2 aromatic rings. The quantitative estimate of drug-likeness (QED) is 0.755. The Morgan fingerprint density at radius 1 is 1.14 bits per heavy atom. The number of thiophene rings is 1. The number of nitrogens with zero attached hydrogens (tertiary/aromatic N) is 2. The third-order valence-corrected chi connectivity index (χ3v) is 4.38. The fourth-order valence-electron chi connectivity index (χ4n) is 2.07. The van der Waals surface area contributed by atoms with Crippen LogP contribution >= 0.6 is 22.9 Å². The van der Waals surface area contributed by atoms with Gasteiger partial charge in [-0.25, -0.2) is 4.39 Å². The van der Waals surface area contributed by atoms with Gasteiger partial charge in [-0.1, -0.05) is 23.7 Å². The van der Waals surface area contributed by atoms with Crippen LogP contribution in [-0.2, 0) is 13.1 Å². The summed E-state index contributed by atoms with van der Waals surface area (Å²) in [6, 6.07) is 9.24. The van der Waals surface area contributed by atoms with Crippen LogP contribution in [0.25, 0.3) is 0 Å². The topological polar surface area (TPSA) is 6.48 Å². The fraction of sp³-hybridized carbons (Fsp3) is 0.375. The third-order valence-electron chi connectivity index (χ3n) is 3.21. The average Bonchev–Trinajstić information content (AvgIpc) is 2.93. The molecule has 0 aliphatic carbocycles. The van der Waals surface area contributed by atoms with Gasteiger partial charge in [-0.15, -0.1) is 11.3 Å². The van der Waals surface area contributed by atoms with Crippen molar-refractivity contribution in [1.82, 2.24) is 9.80 Å². The lowest BCUT2D eigenvalue weighted by atomic mass is 10.2. The molecule has 0 saturated heterocycles. The largest absolute Gasteiger partial charge is 0.308 e. The van der Waals surface area contributed by atoms with E-state index in [0.29, 0.717) is 0 Å². The minimum absolute atomic E-state index is 0.178. The number of benzene rings is 1. The maximum Gasteiger partial charge on any atom is 0.142 e. The molecule has 0 amide bonds. The van der Waals surface area contributed by atoms with Crippen LogP contribution in [0.2, 0.25) is 5.02 Å². The second-order valence-corrected chi connectivity index (χ2v) is 6.78. The first-order valence-electron chi connectivity index (χ1n) is 6.88. The zero-order valence-corrected chi connectivity index (χ0v) is 13.9. The van der Waals surface area contributed by atoms with E-state index in [1.165, 1.54) is 10.9 Å². The summed E-state index contributed by atoms with van der Waals surface area (Å²) in [4.78, 5) is 5.81. The highest BCUT2D eigenvalue weighted by Crippen LogP contribution is 2.18. The normalized spacial score (nSPS) is 11.5. The van der Waals surface area contributed by atoms with E-state index in [-0.39, 0.29) is 10.8 Å². The highest BCUT2D eigenvalue weighted by Gasteiger charge is 2.10. The summed E-state index contributed by atoms with van der Waals surface area (Å²) in [7, 11) is 4.12. The van der Waals surface area contributed by atoms with Crippen molar-refractivity contribution in [1.29, 1.82) is 0 Å². The molecule has 5 heteroatoms. The van der Waals surface area contributed by atoms with Gasteiger partial charge in [-0.05, 0) is 43.2 Å². The monoisotopic (exact) mass is 326 g/mol. The highest BCUT2D eigenvalue weighted by molar-refractivity contribution is 7.09. The minimum atomic E-state index is -0.349. The lowest BCUT2D eigenvalue weighted by molar-refractivity contribution is 0.227. The van der Waals surface area contributed by atoms with E-state index < -0.39 is 0 Å². The van der Waals surface area contributed by atoms with Gasteiger partial charge in [0.15, 0.2) is 0 Å². The van der Waals surface area contributed by atoms with Crippen molar-refractivity contribution < 1.29 is 4.39 Å². The zero-order chi connectivity index (χ0) is 15.2. The van der Waals surface area contributed by atoms with Crippen LogP contribution < -0.4 is 0 Å². The smallest absolute Gasteiger partial charge is 0.142 e. The highest BCUT2D eigenvalue weighted by atomic mass is 35.5. The Labute approximate surface area is 134 Å². The van der Waals surface area contributed by atoms with Gasteiger partial charge in [-0.3, -0.25) is 4.90 Å². The molecule has 0 radical (unpaired) electrons. The summed E-state index contributed by atoms with van der Waals surface area (Å²) in [5, 5.41) is 2.26. The van der Waals surface area contributed by atoms with E-state index >= 15 is 0 Å². The molecular weight excluding hydrogens is 307 g/mol. The van der Waals surface area contributed by atoms with Crippen molar-refractivity contribution in [3.05, 3.63) is 57.0 Å². The van der Waals surface area contributed by atoms with E-state index in [9.17, 15) is 4.39 Å². The van der Waals surface area contributed by atoms with Crippen molar-refractivity contribution >= 4 is 22.9 Å². The summed E-state index contributed by atoms with van der Waals surface area (Å²) in [5.74, 6) is -0.349. The Kier molecular flexibility index (Phi) is 6.18. The first kappa shape index (κ1) is 16.4. The Morgan fingerprint density at radius 3 is 2.57 bits per heavy atom. The molecule has 0 spiro atoms. The van der Waals surface area contributed by atoms with E-state index in [4.69, 9.17) is 11.6 Å². The van der Waals surface area contributed by atoms with Gasteiger partial charge in [0, 0.05) is 31.1 Å². The maximum atomic E-state index is 13.6. The van der Waals surface area contributed by atoms with Crippen molar-refractivity contribution in [3.63, 3.8) is 0 Å². The van der Waals surface area contributed by atoms with E-state index in [0.717, 1.165) is 31.7 Å². The molecule has 0 aliphatic rings. The van der Waals surface area contributed by atoms with Gasteiger partial charge in [0.05, 0.1) is 5.02 Å². The first-order valence-corrected chi connectivity index (χ1v) is 8.14. The van der Waals surface area contributed by atoms with Gasteiger partial charge in [0.25, 0.3) is 0 Å². The molecule has 0 bridgehead atoms. The Bertz CT molecular complexity index is 557. The molecule has 2 nitrogen and oxygen atoms in total. The molecule has 0 unspecified atom stereocenters. The van der Waals surface area contributed by atoms with Crippen molar-refractivity contribution in [2.45, 2.75) is 13.1 Å². The molecule has 0 N–H and O–H groups in total. The predicted octanol–water partition coefficient (Wildman–Crippen LogP) is 4.10. The number of hydrogen-bond donors (Lipinski definition) is 0. The van der Waals surface area contributed by atoms with Crippen molar-refractivity contribution in [3.8, 4) is 0 Å². The SMILES string of the molecule is CN(C)CCN(Cc1ccc(Cl)c(F)c1)Cc1cccs1. The number of halogens is 2. The van der Waals surface area contributed by atoms with Crippen molar-refractivity contribution in [2.75, 3.05) is 27.2 Å². The predicted molar refractivity (Wildman–Crippen MR) is 88.4 cm³/mol. The van der Waals surface area contributed by atoms with Gasteiger partial charge < -0.3 is 4.90 Å². The lowest BCUT2D eigenvalue weighted by Crippen LogP contribution is -2.30. The summed E-state index contributed by atoms with van der Waals surface area (Å²) in [6.45, 7) is 3.52. The van der Waals surface area contributed by atoms with E-state index in [1.807, 2.05) is 6.07 Å². The number of hydrogen-bond acceptors (Lipinski definition) is 3. The van der Waals surface area contributed by atoms with E-state index in [1.54, 1.807) is 17.4 Å². The zero-order valence-electron chi connectivity index (χ0n) is 12.4. The molecule has 114 valence electrons. The summed E-state index contributed by atoms with van der Waals surface area (Å²) in [5.41, 5.74) is 0.951. The molecule has 1 aromatic heterocycles. The van der Waals surface area contributed by atoms with Crippen LogP contribution in [-0.4, -0.2) is 37.0 Å². The Morgan fingerprint density at radius 2 is 1.95 bits per heavy atom. The second-order valence-electron chi connectivity index (χ2n) is 5.34. The number of rotatable bonds is 7. The fourth-order valence-corrected chi connectivity index (χ4v) is 2.94. The average molecular weight is 327 g/mol. The molecular formula is C16H20ClFN2S. The third kappa shape index (κ3) is 5.40. The van der Waals surface area contributed by atoms with Crippen LogP contribution in [0.4, 0.5) is 4.39 Å². The Balaban J connectivity index is 2.04. The van der Waals surface area contributed by atoms with Crippen molar-refractivity contribution in [2.24, 2.45) is 0 Å². The van der Waals surface area contributed by atoms with Crippen LogP contribution in [0.3, 0.4) is 0 Å². The van der Waals surface area contributed by atoms with Crippen LogP contribution in [0.5, 0.6) is 0 Å². The van der Waals surface area contributed by atoms with E-state index in [2.05, 4.69) is 41.4 Å². The summed E-state index contributed by atoms with van der Waals surface area (Å²) in [6.07, 6.45) is 0. The number of likely N-dealkylation sites (N-methyl/N-ethyl adjacent to an activating group) is 1. The second kappa shape index (κ2) is 7.90.